The Kier molecular flexibility index (Phi) is 5.58. The average Bonchev–Trinajstić information content (AvgIpc) is 3.22. The van der Waals surface area contributed by atoms with E-state index in [9.17, 15) is 19.2 Å². The van der Waals surface area contributed by atoms with Gasteiger partial charge in [-0.15, -0.1) is 11.3 Å². The van der Waals surface area contributed by atoms with Gasteiger partial charge in [0, 0.05) is 25.0 Å². The van der Waals surface area contributed by atoms with Crippen LogP contribution in [0.4, 0.5) is 0 Å². The van der Waals surface area contributed by atoms with Gasteiger partial charge < -0.3 is 10.6 Å². The molecule has 8 nitrogen and oxygen atoms in total. The molecule has 0 atom stereocenters. The number of fused-ring (bicyclic) bond motifs is 1. The summed E-state index contributed by atoms with van der Waals surface area (Å²) < 4.78 is 3.35. The van der Waals surface area contributed by atoms with Crippen molar-refractivity contribution < 1.29 is 9.59 Å². The fourth-order valence-corrected chi connectivity index (χ4v) is 5.40. The Morgan fingerprint density at radius 1 is 1.07 bits per heavy atom. The third kappa shape index (κ3) is 3.75. The molecule has 1 aliphatic heterocycles. The van der Waals surface area contributed by atoms with Gasteiger partial charge in [0.05, 0.1) is 5.52 Å². The van der Waals surface area contributed by atoms with E-state index < -0.39 is 5.69 Å². The maximum Gasteiger partial charge on any atom is 0.332 e. The van der Waals surface area contributed by atoms with Crippen LogP contribution in [0.3, 0.4) is 0 Å². The Labute approximate surface area is 171 Å². The van der Waals surface area contributed by atoms with E-state index >= 15 is 0 Å². The number of amides is 2. The maximum absolute atomic E-state index is 13.3. The number of likely N-dealkylation sites (tertiary alicyclic amines) is 1. The molecule has 1 saturated heterocycles. The van der Waals surface area contributed by atoms with Gasteiger partial charge in [-0.1, -0.05) is 19.3 Å². The number of carbonyl (C=O) groups is 2. The first-order valence-corrected chi connectivity index (χ1v) is 11.1. The number of rotatable bonds is 4. The number of hydrogen-bond acceptors (Lipinski definition) is 5. The molecule has 2 aromatic heterocycles. The SMILES string of the molecule is NC(=O)C1CCN(C(=O)Cn2c(=O)n(C3CCCCC3)c(=O)c3sccc32)CC1. The molecule has 0 unspecified atom stereocenters. The lowest BCUT2D eigenvalue weighted by Gasteiger charge is -2.31. The summed E-state index contributed by atoms with van der Waals surface area (Å²) in [6.45, 7) is 0.812. The first kappa shape index (κ1) is 19.9. The Bertz CT molecular complexity index is 1040. The molecule has 0 bridgehead atoms. The number of nitrogens with two attached hydrogens (primary N) is 1. The lowest BCUT2D eigenvalue weighted by Crippen LogP contribution is -2.47. The van der Waals surface area contributed by atoms with Gasteiger partial charge in [-0.2, -0.15) is 0 Å². The Hall–Kier alpha value is -2.42. The summed E-state index contributed by atoms with van der Waals surface area (Å²) in [6.07, 6.45) is 5.87. The lowest BCUT2D eigenvalue weighted by atomic mass is 9.95. The molecule has 2 N–H and O–H groups in total. The molecule has 2 aromatic rings. The van der Waals surface area contributed by atoms with Crippen LogP contribution in [0, 0.1) is 5.92 Å². The highest BCUT2D eigenvalue weighted by Gasteiger charge is 2.28. The molecule has 0 aromatic carbocycles. The minimum absolute atomic E-state index is 0.0945. The molecule has 2 amide bonds. The first-order chi connectivity index (χ1) is 14.0. The zero-order chi connectivity index (χ0) is 20.5. The van der Waals surface area contributed by atoms with Crippen LogP contribution in [-0.2, 0) is 16.1 Å². The fraction of sp³-hybridized carbons (Fsp3) is 0.600. The minimum atomic E-state index is -0.395. The highest BCUT2D eigenvalue weighted by atomic mass is 32.1. The number of carbonyl (C=O) groups excluding carboxylic acids is 2. The lowest BCUT2D eigenvalue weighted by molar-refractivity contribution is -0.135. The standard InChI is InChI=1S/C20H26N4O4S/c21-18(26)13-6-9-22(10-7-13)16(25)12-23-15-8-11-29-17(15)19(27)24(20(23)28)14-4-2-1-3-5-14/h8,11,13-14H,1-7,9-10,12H2,(H2,21,26). The molecule has 4 rings (SSSR count). The molecule has 9 heteroatoms. The van der Waals surface area contributed by atoms with Gasteiger partial charge in [-0.25, -0.2) is 4.79 Å². The fourth-order valence-electron chi connectivity index (χ4n) is 4.57. The number of aromatic nitrogens is 2. The van der Waals surface area contributed by atoms with Crippen LogP contribution in [0.15, 0.2) is 21.0 Å². The number of primary amides is 1. The molecule has 3 heterocycles. The van der Waals surface area contributed by atoms with Gasteiger partial charge in [0.25, 0.3) is 5.56 Å². The normalized spacial score (nSPS) is 19.0. The van der Waals surface area contributed by atoms with Crippen LogP contribution in [-0.4, -0.2) is 38.9 Å². The Balaban J connectivity index is 1.64. The molecule has 0 radical (unpaired) electrons. The summed E-state index contributed by atoms with van der Waals surface area (Å²) in [7, 11) is 0. The first-order valence-electron chi connectivity index (χ1n) is 10.3. The van der Waals surface area contributed by atoms with Crippen LogP contribution in [0.5, 0.6) is 0 Å². The van der Waals surface area contributed by atoms with Crippen molar-refractivity contribution in [2.75, 3.05) is 13.1 Å². The van der Waals surface area contributed by atoms with E-state index in [0.29, 0.717) is 36.1 Å². The smallest absolute Gasteiger partial charge is 0.332 e. The van der Waals surface area contributed by atoms with Crippen molar-refractivity contribution in [3.63, 3.8) is 0 Å². The summed E-state index contributed by atoms with van der Waals surface area (Å²) in [4.78, 5) is 52.2. The highest BCUT2D eigenvalue weighted by Crippen LogP contribution is 2.27. The molecule has 2 aliphatic rings. The van der Waals surface area contributed by atoms with Gasteiger partial charge in [0.2, 0.25) is 11.8 Å². The predicted octanol–water partition coefficient (Wildman–Crippen LogP) is 1.45. The zero-order valence-corrected chi connectivity index (χ0v) is 17.2. The van der Waals surface area contributed by atoms with Crippen molar-refractivity contribution in [1.29, 1.82) is 0 Å². The number of nitrogens with zero attached hydrogens (tertiary/aromatic N) is 3. The van der Waals surface area contributed by atoms with Crippen molar-refractivity contribution in [1.82, 2.24) is 14.0 Å². The van der Waals surface area contributed by atoms with Crippen LogP contribution in [0.25, 0.3) is 10.2 Å². The van der Waals surface area contributed by atoms with E-state index in [1.54, 1.807) is 16.3 Å². The van der Waals surface area contributed by atoms with E-state index in [0.717, 1.165) is 32.1 Å². The number of piperidine rings is 1. The Morgan fingerprint density at radius 3 is 2.41 bits per heavy atom. The third-order valence-electron chi connectivity index (χ3n) is 6.27. The molecule has 1 saturated carbocycles. The molecular weight excluding hydrogens is 392 g/mol. The molecule has 1 aliphatic carbocycles. The van der Waals surface area contributed by atoms with Gasteiger partial charge in [0.1, 0.15) is 11.2 Å². The monoisotopic (exact) mass is 418 g/mol. The summed E-state index contributed by atoms with van der Waals surface area (Å²) >= 11 is 1.31. The highest BCUT2D eigenvalue weighted by molar-refractivity contribution is 7.17. The van der Waals surface area contributed by atoms with Gasteiger partial charge >= 0.3 is 5.69 Å². The molecule has 156 valence electrons. The van der Waals surface area contributed by atoms with Gasteiger partial charge in [-0.3, -0.25) is 23.5 Å². The van der Waals surface area contributed by atoms with Crippen LogP contribution < -0.4 is 17.0 Å². The second kappa shape index (κ2) is 8.14. The summed E-state index contributed by atoms with van der Waals surface area (Å²) in [6, 6.07) is 1.64. The minimum Gasteiger partial charge on any atom is -0.369 e. The van der Waals surface area contributed by atoms with Crippen molar-refractivity contribution in [3.8, 4) is 0 Å². The molecule has 0 spiro atoms. The summed E-state index contributed by atoms with van der Waals surface area (Å²) in [5.41, 5.74) is 5.26. The maximum atomic E-state index is 13.3. The van der Waals surface area contributed by atoms with E-state index in [1.807, 2.05) is 0 Å². The predicted molar refractivity (Wildman–Crippen MR) is 111 cm³/mol. The van der Waals surface area contributed by atoms with E-state index in [4.69, 9.17) is 5.73 Å². The van der Waals surface area contributed by atoms with E-state index in [-0.39, 0.29) is 35.9 Å². The molecule has 2 fully saturated rings. The van der Waals surface area contributed by atoms with Gasteiger partial charge in [-0.05, 0) is 37.1 Å². The zero-order valence-electron chi connectivity index (χ0n) is 16.3. The molecular formula is C20H26N4O4S. The van der Waals surface area contributed by atoms with Crippen molar-refractivity contribution >= 4 is 33.4 Å². The summed E-state index contributed by atoms with van der Waals surface area (Å²) in [5.74, 6) is -0.692. The second-order valence-electron chi connectivity index (χ2n) is 8.03. The third-order valence-corrected chi connectivity index (χ3v) is 7.16. The summed E-state index contributed by atoms with van der Waals surface area (Å²) in [5, 5.41) is 1.79. The number of thiophene rings is 1. The Morgan fingerprint density at radius 2 is 1.76 bits per heavy atom. The van der Waals surface area contributed by atoms with E-state index in [2.05, 4.69) is 0 Å². The van der Waals surface area contributed by atoms with Crippen molar-refractivity contribution in [3.05, 3.63) is 32.3 Å². The second-order valence-corrected chi connectivity index (χ2v) is 8.94. The van der Waals surface area contributed by atoms with Crippen molar-refractivity contribution in [2.24, 2.45) is 11.7 Å². The average molecular weight is 419 g/mol. The largest absolute Gasteiger partial charge is 0.369 e. The van der Waals surface area contributed by atoms with Crippen LogP contribution in [0.2, 0.25) is 0 Å². The quantitative estimate of drug-likeness (QED) is 0.811. The van der Waals surface area contributed by atoms with Crippen LogP contribution in [0.1, 0.15) is 51.0 Å². The number of hydrogen-bond donors (Lipinski definition) is 1. The van der Waals surface area contributed by atoms with Crippen LogP contribution >= 0.6 is 11.3 Å². The van der Waals surface area contributed by atoms with E-state index in [1.165, 1.54) is 20.5 Å². The molecule has 29 heavy (non-hydrogen) atoms. The topological polar surface area (TPSA) is 107 Å². The van der Waals surface area contributed by atoms with Gasteiger partial charge in [0.15, 0.2) is 0 Å². The van der Waals surface area contributed by atoms with Crippen molar-refractivity contribution in [2.45, 2.75) is 57.5 Å².